The maximum atomic E-state index is 12.0. The Morgan fingerprint density at radius 1 is 1.24 bits per heavy atom. The molecule has 6 heteroatoms. The Balaban J connectivity index is 2.58. The summed E-state index contributed by atoms with van der Waals surface area (Å²) in [7, 11) is 0. The lowest BCUT2D eigenvalue weighted by Crippen LogP contribution is -2.23. The molecule has 0 aliphatic carbocycles. The highest BCUT2D eigenvalue weighted by Crippen LogP contribution is 2.21. The summed E-state index contributed by atoms with van der Waals surface area (Å²) in [6, 6.07) is 6.62. The number of para-hydroxylation sites is 1. The fourth-order valence-corrected chi connectivity index (χ4v) is 1.28. The standard InChI is InChI=1S/C11H15F3N2O/c12-11(13,14)8-17-10-4-2-1-3-9(10)7-16-6-5-15/h1-4,16H,5-8,15H2. The Morgan fingerprint density at radius 3 is 2.59 bits per heavy atom. The Labute approximate surface area is 97.8 Å². The third kappa shape index (κ3) is 5.55. The second-order valence-electron chi connectivity index (χ2n) is 3.48. The van der Waals surface area contributed by atoms with E-state index in [1.54, 1.807) is 18.2 Å². The first-order valence-corrected chi connectivity index (χ1v) is 5.21. The van der Waals surface area contributed by atoms with Gasteiger partial charge in [0.1, 0.15) is 5.75 Å². The van der Waals surface area contributed by atoms with Crippen LogP contribution in [-0.4, -0.2) is 25.9 Å². The summed E-state index contributed by atoms with van der Waals surface area (Å²) in [6.07, 6.45) is -4.32. The van der Waals surface area contributed by atoms with E-state index in [0.29, 0.717) is 25.2 Å². The van der Waals surface area contributed by atoms with Crippen molar-refractivity contribution in [1.82, 2.24) is 5.32 Å². The maximum Gasteiger partial charge on any atom is 0.422 e. The molecule has 0 saturated heterocycles. The van der Waals surface area contributed by atoms with Crippen molar-refractivity contribution in [2.75, 3.05) is 19.7 Å². The van der Waals surface area contributed by atoms with E-state index in [1.165, 1.54) is 6.07 Å². The van der Waals surface area contributed by atoms with Crippen LogP contribution in [0, 0.1) is 0 Å². The maximum absolute atomic E-state index is 12.0. The highest BCUT2D eigenvalue weighted by atomic mass is 19.4. The van der Waals surface area contributed by atoms with E-state index >= 15 is 0 Å². The number of benzene rings is 1. The number of hydrogen-bond acceptors (Lipinski definition) is 3. The minimum absolute atomic E-state index is 0.245. The number of halogens is 3. The van der Waals surface area contributed by atoms with Crippen molar-refractivity contribution in [1.29, 1.82) is 0 Å². The average Bonchev–Trinajstić information content (AvgIpc) is 2.27. The van der Waals surface area contributed by atoms with Gasteiger partial charge in [-0.1, -0.05) is 18.2 Å². The minimum Gasteiger partial charge on any atom is -0.484 e. The van der Waals surface area contributed by atoms with Crippen LogP contribution in [0.3, 0.4) is 0 Å². The molecule has 3 nitrogen and oxygen atoms in total. The van der Waals surface area contributed by atoms with E-state index in [9.17, 15) is 13.2 Å². The number of rotatable bonds is 6. The smallest absolute Gasteiger partial charge is 0.422 e. The Hall–Kier alpha value is -1.27. The zero-order valence-electron chi connectivity index (χ0n) is 9.26. The lowest BCUT2D eigenvalue weighted by atomic mass is 10.2. The molecule has 96 valence electrons. The molecule has 0 radical (unpaired) electrons. The van der Waals surface area contributed by atoms with E-state index in [2.05, 4.69) is 5.32 Å². The van der Waals surface area contributed by atoms with Gasteiger partial charge in [0.2, 0.25) is 0 Å². The molecule has 0 amide bonds. The molecular formula is C11H15F3N2O. The predicted octanol–water partition coefficient (Wildman–Crippen LogP) is 1.68. The molecule has 0 atom stereocenters. The van der Waals surface area contributed by atoms with Gasteiger partial charge in [0.15, 0.2) is 6.61 Å². The number of nitrogens with two attached hydrogens (primary N) is 1. The summed E-state index contributed by atoms with van der Waals surface area (Å²) in [5.41, 5.74) is 5.99. The van der Waals surface area contributed by atoms with Gasteiger partial charge in [-0.3, -0.25) is 0 Å². The topological polar surface area (TPSA) is 47.3 Å². The number of ether oxygens (including phenoxy) is 1. The molecule has 17 heavy (non-hydrogen) atoms. The van der Waals surface area contributed by atoms with Crippen LogP contribution < -0.4 is 15.8 Å². The Bertz CT molecular complexity index is 342. The van der Waals surface area contributed by atoms with Crippen LogP contribution in [0.5, 0.6) is 5.75 Å². The van der Waals surface area contributed by atoms with Crippen molar-refractivity contribution in [3.8, 4) is 5.75 Å². The van der Waals surface area contributed by atoms with Crippen molar-refractivity contribution >= 4 is 0 Å². The first-order valence-electron chi connectivity index (χ1n) is 5.21. The van der Waals surface area contributed by atoms with Crippen molar-refractivity contribution < 1.29 is 17.9 Å². The number of nitrogens with one attached hydrogen (secondary N) is 1. The monoisotopic (exact) mass is 248 g/mol. The zero-order valence-corrected chi connectivity index (χ0v) is 9.26. The quantitative estimate of drug-likeness (QED) is 0.753. The number of alkyl halides is 3. The first-order chi connectivity index (χ1) is 8.03. The summed E-state index contributed by atoms with van der Waals surface area (Å²) in [5.74, 6) is 0.245. The minimum atomic E-state index is -4.32. The lowest BCUT2D eigenvalue weighted by Gasteiger charge is -2.13. The van der Waals surface area contributed by atoms with Gasteiger partial charge in [-0.05, 0) is 6.07 Å². The van der Waals surface area contributed by atoms with E-state index in [0.717, 1.165) is 0 Å². The lowest BCUT2D eigenvalue weighted by molar-refractivity contribution is -0.153. The van der Waals surface area contributed by atoms with Gasteiger partial charge in [-0.15, -0.1) is 0 Å². The third-order valence-corrected chi connectivity index (χ3v) is 2.00. The van der Waals surface area contributed by atoms with Gasteiger partial charge in [0.25, 0.3) is 0 Å². The second kappa shape index (κ2) is 6.46. The molecule has 0 saturated carbocycles. The summed E-state index contributed by atoms with van der Waals surface area (Å²) < 4.78 is 40.8. The Morgan fingerprint density at radius 2 is 1.94 bits per heavy atom. The zero-order chi connectivity index (χ0) is 12.7. The molecule has 0 spiro atoms. The molecule has 0 fully saturated rings. The van der Waals surface area contributed by atoms with E-state index in [-0.39, 0.29) is 5.75 Å². The van der Waals surface area contributed by atoms with Gasteiger partial charge >= 0.3 is 6.18 Å². The van der Waals surface area contributed by atoms with Gasteiger partial charge in [0, 0.05) is 25.2 Å². The summed E-state index contributed by atoms with van der Waals surface area (Å²) in [4.78, 5) is 0. The van der Waals surface area contributed by atoms with Gasteiger partial charge in [-0.2, -0.15) is 13.2 Å². The van der Waals surface area contributed by atoms with E-state index < -0.39 is 12.8 Å². The van der Waals surface area contributed by atoms with Crippen LogP contribution in [0.15, 0.2) is 24.3 Å². The molecule has 1 rings (SSSR count). The molecule has 0 aromatic heterocycles. The second-order valence-corrected chi connectivity index (χ2v) is 3.48. The summed E-state index contributed by atoms with van der Waals surface area (Å²) in [6.45, 7) is 0.241. The van der Waals surface area contributed by atoms with E-state index in [1.807, 2.05) is 0 Å². The molecule has 0 aliphatic heterocycles. The molecular weight excluding hydrogens is 233 g/mol. The van der Waals surface area contributed by atoms with Crippen molar-refractivity contribution in [3.05, 3.63) is 29.8 Å². The summed E-state index contributed by atoms with van der Waals surface area (Å²) in [5, 5.41) is 3.00. The Kier molecular flexibility index (Phi) is 5.24. The molecule has 1 aromatic rings. The molecule has 0 unspecified atom stereocenters. The highest BCUT2D eigenvalue weighted by molar-refractivity contribution is 5.33. The average molecular weight is 248 g/mol. The van der Waals surface area contributed by atoms with E-state index in [4.69, 9.17) is 10.5 Å². The molecule has 0 heterocycles. The fourth-order valence-electron chi connectivity index (χ4n) is 1.28. The number of hydrogen-bond donors (Lipinski definition) is 2. The van der Waals surface area contributed by atoms with Crippen molar-refractivity contribution in [2.24, 2.45) is 5.73 Å². The van der Waals surface area contributed by atoms with Gasteiger partial charge in [0.05, 0.1) is 0 Å². The first kappa shape index (κ1) is 13.8. The summed E-state index contributed by atoms with van der Waals surface area (Å²) >= 11 is 0. The van der Waals surface area contributed by atoms with Crippen LogP contribution in [0.1, 0.15) is 5.56 Å². The van der Waals surface area contributed by atoms with Crippen LogP contribution >= 0.6 is 0 Å². The highest BCUT2D eigenvalue weighted by Gasteiger charge is 2.28. The molecule has 3 N–H and O–H groups in total. The van der Waals surface area contributed by atoms with Crippen LogP contribution in [0.2, 0.25) is 0 Å². The molecule has 0 bridgehead atoms. The van der Waals surface area contributed by atoms with Crippen LogP contribution in [0.4, 0.5) is 13.2 Å². The predicted molar refractivity (Wildman–Crippen MR) is 58.8 cm³/mol. The normalized spacial score (nSPS) is 11.5. The van der Waals surface area contributed by atoms with Gasteiger partial charge in [-0.25, -0.2) is 0 Å². The van der Waals surface area contributed by atoms with Crippen LogP contribution in [0.25, 0.3) is 0 Å². The van der Waals surface area contributed by atoms with Crippen molar-refractivity contribution in [3.63, 3.8) is 0 Å². The largest absolute Gasteiger partial charge is 0.484 e. The van der Waals surface area contributed by atoms with Crippen molar-refractivity contribution in [2.45, 2.75) is 12.7 Å². The van der Waals surface area contributed by atoms with Crippen LogP contribution in [-0.2, 0) is 6.54 Å². The van der Waals surface area contributed by atoms with Gasteiger partial charge < -0.3 is 15.8 Å². The molecule has 1 aromatic carbocycles. The molecule has 0 aliphatic rings. The third-order valence-electron chi connectivity index (χ3n) is 2.00. The fraction of sp³-hybridized carbons (Fsp3) is 0.455. The SMILES string of the molecule is NCCNCc1ccccc1OCC(F)(F)F.